The van der Waals surface area contributed by atoms with Crippen molar-refractivity contribution < 1.29 is 13.9 Å². The van der Waals surface area contributed by atoms with Crippen molar-refractivity contribution in [1.82, 2.24) is 0 Å². The van der Waals surface area contributed by atoms with Crippen LogP contribution < -0.4 is 5.73 Å². The highest BCUT2D eigenvalue weighted by molar-refractivity contribution is 5.83. The quantitative estimate of drug-likeness (QED) is 0.773. The van der Waals surface area contributed by atoms with E-state index in [4.69, 9.17) is 10.5 Å². The van der Waals surface area contributed by atoms with Gasteiger partial charge in [0.15, 0.2) is 0 Å². The van der Waals surface area contributed by atoms with Gasteiger partial charge in [0, 0.05) is 12.1 Å². The number of benzene rings is 1. The number of rotatable bonds is 7. The van der Waals surface area contributed by atoms with E-state index in [9.17, 15) is 9.18 Å². The molecule has 0 spiro atoms. The van der Waals surface area contributed by atoms with Crippen molar-refractivity contribution in [2.24, 2.45) is 5.73 Å². The lowest BCUT2D eigenvalue weighted by Gasteiger charge is -2.30. The fraction of sp³-hybridized carbons (Fsp3) is 0.533. The third-order valence-electron chi connectivity index (χ3n) is 3.36. The largest absolute Gasteiger partial charge is 0.465 e. The molecule has 2 N–H and O–H groups in total. The molecule has 0 aliphatic carbocycles. The lowest BCUT2D eigenvalue weighted by molar-refractivity contribution is -0.150. The summed E-state index contributed by atoms with van der Waals surface area (Å²) in [5, 5.41) is 0. The third-order valence-corrected chi connectivity index (χ3v) is 3.36. The fourth-order valence-electron chi connectivity index (χ4n) is 2.24. The van der Waals surface area contributed by atoms with Crippen LogP contribution in [0.3, 0.4) is 0 Å². The van der Waals surface area contributed by atoms with E-state index in [2.05, 4.69) is 0 Å². The molecular weight excluding hydrogens is 245 g/mol. The van der Waals surface area contributed by atoms with Crippen LogP contribution >= 0.6 is 0 Å². The van der Waals surface area contributed by atoms with Gasteiger partial charge in [-0.2, -0.15) is 0 Å². The summed E-state index contributed by atoms with van der Waals surface area (Å²) in [6.45, 7) is 4.07. The van der Waals surface area contributed by atoms with Crippen molar-refractivity contribution in [3.05, 3.63) is 35.6 Å². The van der Waals surface area contributed by atoms with Crippen molar-refractivity contribution >= 4 is 5.97 Å². The molecule has 106 valence electrons. The maximum Gasteiger partial charge on any atom is 0.317 e. The van der Waals surface area contributed by atoms with E-state index in [1.807, 2.05) is 6.92 Å². The molecule has 0 bridgehead atoms. The number of hydrogen-bond donors (Lipinski definition) is 1. The fourth-order valence-corrected chi connectivity index (χ4v) is 2.24. The lowest BCUT2D eigenvalue weighted by Crippen LogP contribution is -2.45. The van der Waals surface area contributed by atoms with Gasteiger partial charge < -0.3 is 10.5 Å². The summed E-state index contributed by atoms with van der Waals surface area (Å²) >= 11 is 0. The predicted molar refractivity (Wildman–Crippen MR) is 73.3 cm³/mol. The minimum atomic E-state index is -1.07. The Kier molecular flexibility index (Phi) is 5.96. The molecular formula is C15H22FNO2. The zero-order valence-corrected chi connectivity index (χ0v) is 11.6. The van der Waals surface area contributed by atoms with E-state index in [0.717, 1.165) is 12.8 Å². The number of hydrogen-bond acceptors (Lipinski definition) is 3. The summed E-state index contributed by atoms with van der Waals surface area (Å²) in [5.74, 6) is -0.840. The zero-order valence-electron chi connectivity index (χ0n) is 11.6. The summed E-state index contributed by atoms with van der Waals surface area (Å²) in [6, 6.07) is 6.29. The molecule has 0 aliphatic heterocycles. The molecule has 19 heavy (non-hydrogen) atoms. The van der Waals surface area contributed by atoms with Crippen molar-refractivity contribution in [3.63, 3.8) is 0 Å². The summed E-state index contributed by atoms with van der Waals surface area (Å²) in [5.41, 5.74) is 5.08. The van der Waals surface area contributed by atoms with Gasteiger partial charge in [0.2, 0.25) is 0 Å². The van der Waals surface area contributed by atoms with Crippen LogP contribution in [0.4, 0.5) is 4.39 Å². The molecule has 1 aromatic rings. The highest BCUT2D eigenvalue weighted by Crippen LogP contribution is 2.32. The summed E-state index contributed by atoms with van der Waals surface area (Å²) < 4.78 is 19.2. The molecule has 0 heterocycles. The Morgan fingerprint density at radius 1 is 1.37 bits per heavy atom. The van der Waals surface area contributed by atoms with Gasteiger partial charge in [-0.3, -0.25) is 4.79 Å². The third kappa shape index (κ3) is 3.32. The average Bonchev–Trinajstić information content (AvgIpc) is 2.42. The second kappa shape index (κ2) is 7.24. The van der Waals surface area contributed by atoms with Crippen LogP contribution in [-0.4, -0.2) is 19.1 Å². The van der Waals surface area contributed by atoms with E-state index in [0.29, 0.717) is 12.0 Å². The highest BCUT2D eigenvalue weighted by atomic mass is 19.1. The molecule has 4 heteroatoms. The maximum absolute atomic E-state index is 14.0. The number of carbonyl (C=O) groups is 1. The van der Waals surface area contributed by atoms with Gasteiger partial charge in [0.25, 0.3) is 0 Å². The van der Waals surface area contributed by atoms with Gasteiger partial charge in [-0.15, -0.1) is 0 Å². The molecule has 3 nitrogen and oxygen atoms in total. The Morgan fingerprint density at radius 2 is 2.05 bits per heavy atom. The highest BCUT2D eigenvalue weighted by Gasteiger charge is 2.41. The van der Waals surface area contributed by atoms with E-state index in [1.165, 1.54) is 6.07 Å². The second-order valence-corrected chi connectivity index (χ2v) is 4.59. The molecule has 0 amide bonds. The lowest BCUT2D eigenvalue weighted by atomic mass is 9.76. The molecule has 0 saturated carbocycles. The van der Waals surface area contributed by atoms with Crippen molar-refractivity contribution in [2.75, 3.05) is 13.2 Å². The van der Waals surface area contributed by atoms with Crippen LogP contribution in [0.15, 0.2) is 24.3 Å². The van der Waals surface area contributed by atoms with Gasteiger partial charge in [0.05, 0.1) is 6.61 Å². The van der Waals surface area contributed by atoms with E-state index in [1.54, 1.807) is 25.1 Å². The van der Waals surface area contributed by atoms with Crippen LogP contribution in [0, 0.1) is 5.82 Å². The van der Waals surface area contributed by atoms with Crippen LogP contribution in [-0.2, 0) is 14.9 Å². The summed E-state index contributed by atoms with van der Waals surface area (Å²) in [6.07, 6.45) is 2.21. The number of ether oxygens (including phenoxy) is 1. The Labute approximate surface area is 113 Å². The minimum Gasteiger partial charge on any atom is -0.465 e. The Hall–Kier alpha value is -1.42. The number of halogens is 1. The first-order valence-electron chi connectivity index (χ1n) is 6.74. The van der Waals surface area contributed by atoms with Crippen LogP contribution in [0.1, 0.15) is 38.7 Å². The van der Waals surface area contributed by atoms with Crippen molar-refractivity contribution in [1.29, 1.82) is 0 Å². The molecule has 1 atom stereocenters. The average molecular weight is 267 g/mol. The summed E-state index contributed by atoms with van der Waals surface area (Å²) in [4.78, 5) is 12.3. The predicted octanol–water partition coefficient (Wildman–Crippen LogP) is 2.78. The molecule has 1 rings (SSSR count). The SMILES string of the molecule is CCCCC(CN)(C(=O)OCC)c1ccccc1F. The van der Waals surface area contributed by atoms with Crippen LogP contribution in [0.2, 0.25) is 0 Å². The van der Waals surface area contributed by atoms with Gasteiger partial charge >= 0.3 is 5.97 Å². The molecule has 0 aromatic heterocycles. The monoisotopic (exact) mass is 267 g/mol. The van der Waals surface area contributed by atoms with Crippen molar-refractivity contribution in [2.45, 2.75) is 38.5 Å². The molecule has 0 aliphatic rings. The number of esters is 1. The van der Waals surface area contributed by atoms with Gasteiger partial charge in [-0.25, -0.2) is 4.39 Å². The normalized spacial score (nSPS) is 13.9. The van der Waals surface area contributed by atoms with Crippen LogP contribution in [0.25, 0.3) is 0 Å². The Bertz CT molecular complexity index is 422. The number of carbonyl (C=O) groups excluding carboxylic acids is 1. The first-order chi connectivity index (χ1) is 9.12. The van der Waals surface area contributed by atoms with E-state index < -0.39 is 17.2 Å². The van der Waals surface area contributed by atoms with Gasteiger partial charge in [-0.1, -0.05) is 38.0 Å². The minimum absolute atomic E-state index is 0.0484. The second-order valence-electron chi connectivity index (χ2n) is 4.59. The molecule has 1 unspecified atom stereocenters. The van der Waals surface area contributed by atoms with E-state index in [-0.39, 0.29) is 13.2 Å². The van der Waals surface area contributed by atoms with E-state index >= 15 is 0 Å². The molecule has 0 fully saturated rings. The first-order valence-corrected chi connectivity index (χ1v) is 6.74. The molecule has 0 saturated heterocycles. The van der Waals surface area contributed by atoms with Gasteiger partial charge in [0.1, 0.15) is 11.2 Å². The zero-order chi connectivity index (χ0) is 14.3. The van der Waals surface area contributed by atoms with Crippen molar-refractivity contribution in [3.8, 4) is 0 Å². The topological polar surface area (TPSA) is 52.3 Å². The number of nitrogens with two attached hydrogens (primary N) is 1. The standard InChI is InChI=1S/C15H22FNO2/c1-3-5-10-15(11-17,14(18)19-4-2)12-8-6-7-9-13(12)16/h6-9H,3-5,10-11,17H2,1-2H3. The first kappa shape index (κ1) is 15.6. The molecule has 1 aromatic carbocycles. The Morgan fingerprint density at radius 3 is 2.58 bits per heavy atom. The maximum atomic E-state index is 14.0. The smallest absolute Gasteiger partial charge is 0.317 e. The van der Waals surface area contributed by atoms with Crippen LogP contribution in [0.5, 0.6) is 0 Å². The molecule has 0 radical (unpaired) electrons. The van der Waals surface area contributed by atoms with Gasteiger partial charge in [-0.05, 0) is 19.4 Å². The summed E-state index contributed by atoms with van der Waals surface area (Å²) in [7, 11) is 0. The Balaban J connectivity index is 3.23. The number of unbranched alkanes of at least 4 members (excludes halogenated alkanes) is 1.